The quantitative estimate of drug-likeness (QED) is 0.731. The molecule has 4 heteroatoms. The van der Waals surface area contributed by atoms with E-state index in [1.54, 1.807) is 0 Å². The molecule has 0 aromatic carbocycles. The maximum atomic E-state index is 10.8. The lowest BCUT2D eigenvalue weighted by atomic mass is 10.1. The topological polar surface area (TPSA) is 46.2 Å². The standard InChI is InChI=1S/C12H23NO2S/c1-6-11(3)12(4)9-10(2)7-8-13-16(5,14)15/h9,13H,6-8H2,1-5H3. The summed E-state index contributed by atoms with van der Waals surface area (Å²) in [6.07, 6.45) is 5.11. The van der Waals surface area contributed by atoms with E-state index in [9.17, 15) is 8.42 Å². The fraction of sp³-hybridized carbons (Fsp3) is 0.667. The van der Waals surface area contributed by atoms with E-state index >= 15 is 0 Å². The molecule has 0 unspecified atom stereocenters. The van der Waals surface area contributed by atoms with E-state index in [1.165, 1.54) is 23.0 Å². The zero-order valence-corrected chi connectivity index (χ0v) is 11.7. The van der Waals surface area contributed by atoms with Crippen molar-refractivity contribution in [3.8, 4) is 0 Å². The Hall–Kier alpha value is -0.610. The van der Waals surface area contributed by atoms with Gasteiger partial charge in [-0.25, -0.2) is 13.1 Å². The Morgan fingerprint density at radius 2 is 1.81 bits per heavy atom. The molecule has 0 saturated heterocycles. The number of hydrogen-bond acceptors (Lipinski definition) is 2. The van der Waals surface area contributed by atoms with Crippen LogP contribution in [-0.2, 0) is 10.0 Å². The molecule has 16 heavy (non-hydrogen) atoms. The van der Waals surface area contributed by atoms with Gasteiger partial charge in [0.15, 0.2) is 0 Å². The predicted octanol–water partition coefficient (Wildman–Crippen LogP) is 2.62. The van der Waals surface area contributed by atoms with Crippen molar-refractivity contribution in [1.82, 2.24) is 4.72 Å². The minimum Gasteiger partial charge on any atom is -0.215 e. The van der Waals surface area contributed by atoms with Crippen LogP contribution < -0.4 is 4.72 Å². The lowest BCUT2D eigenvalue weighted by Crippen LogP contribution is -2.23. The first-order valence-electron chi connectivity index (χ1n) is 5.54. The van der Waals surface area contributed by atoms with E-state index in [4.69, 9.17) is 0 Å². The summed E-state index contributed by atoms with van der Waals surface area (Å²) in [4.78, 5) is 0. The summed E-state index contributed by atoms with van der Waals surface area (Å²) in [5, 5.41) is 0. The fourth-order valence-corrected chi connectivity index (χ4v) is 1.75. The van der Waals surface area contributed by atoms with Gasteiger partial charge in [0.25, 0.3) is 0 Å². The molecule has 0 radical (unpaired) electrons. The molecule has 0 aromatic heterocycles. The lowest BCUT2D eigenvalue weighted by Gasteiger charge is -2.05. The van der Waals surface area contributed by atoms with Gasteiger partial charge >= 0.3 is 0 Å². The Labute approximate surface area is 99.7 Å². The number of allylic oxidation sites excluding steroid dienone is 3. The number of nitrogens with one attached hydrogen (secondary N) is 1. The summed E-state index contributed by atoms with van der Waals surface area (Å²) in [5.41, 5.74) is 3.84. The maximum Gasteiger partial charge on any atom is 0.208 e. The van der Waals surface area contributed by atoms with Crippen molar-refractivity contribution in [3.63, 3.8) is 0 Å². The molecule has 0 amide bonds. The zero-order valence-electron chi connectivity index (χ0n) is 10.9. The third-order valence-corrected chi connectivity index (χ3v) is 3.28. The van der Waals surface area contributed by atoms with E-state index in [0.717, 1.165) is 12.8 Å². The van der Waals surface area contributed by atoms with Gasteiger partial charge in [-0.1, -0.05) is 29.7 Å². The molecule has 3 nitrogen and oxygen atoms in total. The zero-order chi connectivity index (χ0) is 12.8. The van der Waals surface area contributed by atoms with E-state index < -0.39 is 10.0 Å². The highest BCUT2D eigenvalue weighted by Gasteiger charge is 1.99. The van der Waals surface area contributed by atoms with Crippen LogP contribution in [0.2, 0.25) is 0 Å². The molecule has 94 valence electrons. The fourth-order valence-electron chi connectivity index (χ4n) is 1.28. The molecule has 0 aliphatic heterocycles. The van der Waals surface area contributed by atoms with Crippen LogP contribution in [0.15, 0.2) is 22.8 Å². The second-order valence-corrected chi connectivity index (χ2v) is 6.06. The van der Waals surface area contributed by atoms with Gasteiger partial charge in [-0.15, -0.1) is 0 Å². The highest BCUT2D eigenvalue weighted by molar-refractivity contribution is 7.88. The summed E-state index contributed by atoms with van der Waals surface area (Å²) in [7, 11) is -3.06. The normalized spacial score (nSPS) is 14.9. The SMILES string of the molecule is CCC(C)=C(C)C=C(C)CCNS(C)(=O)=O. The maximum absolute atomic E-state index is 10.8. The Bertz CT molecular complexity index is 378. The van der Waals surface area contributed by atoms with Gasteiger partial charge in [-0.3, -0.25) is 0 Å². The summed E-state index contributed by atoms with van der Waals surface area (Å²) < 4.78 is 24.2. The number of hydrogen-bond donors (Lipinski definition) is 1. The first-order chi connectivity index (χ1) is 7.26. The first kappa shape index (κ1) is 15.4. The summed E-state index contributed by atoms with van der Waals surface area (Å²) >= 11 is 0. The van der Waals surface area contributed by atoms with Crippen LogP contribution >= 0.6 is 0 Å². The molecule has 0 saturated carbocycles. The molecule has 0 aliphatic rings. The van der Waals surface area contributed by atoms with Crippen LogP contribution in [0.3, 0.4) is 0 Å². The molecular weight excluding hydrogens is 222 g/mol. The van der Waals surface area contributed by atoms with Crippen molar-refractivity contribution in [1.29, 1.82) is 0 Å². The van der Waals surface area contributed by atoms with Gasteiger partial charge < -0.3 is 0 Å². The molecule has 0 rings (SSSR count). The molecule has 0 aliphatic carbocycles. The summed E-state index contributed by atoms with van der Waals surface area (Å²) in [6, 6.07) is 0. The van der Waals surface area contributed by atoms with Gasteiger partial charge in [0.05, 0.1) is 6.26 Å². The van der Waals surface area contributed by atoms with Crippen molar-refractivity contribution in [3.05, 3.63) is 22.8 Å². The van der Waals surface area contributed by atoms with E-state index in [1.807, 2.05) is 6.92 Å². The van der Waals surface area contributed by atoms with Crippen molar-refractivity contribution >= 4 is 10.0 Å². The number of rotatable bonds is 6. The molecular formula is C12H23NO2S. The molecule has 0 fully saturated rings. The van der Waals surface area contributed by atoms with E-state index in [2.05, 4.69) is 31.6 Å². The van der Waals surface area contributed by atoms with Gasteiger partial charge in [0.2, 0.25) is 10.0 Å². The highest BCUT2D eigenvalue weighted by Crippen LogP contribution is 2.12. The van der Waals surface area contributed by atoms with E-state index in [0.29, 0.717) is 6.54 Å². The molecule has 0 bridgehead atoms. The molecule has 0 spiro atoms. The van der Waals surface area contributed by atoms with Crippen LogP contribution in [0.5, 0.6) is 0 Å². The van der Waals surface area contributed by atoms with Crippen molar-refractivity contribution in [2.24, 2.45) is 0 Å². The molecule has 0 aromatic rings. The van der Waals surface area contributed by atoms with Crippen LogP contribution in [0.25, 0.3) is 0 Å². The molecule has 0 atom stereocenters. The minimum absolute atomic E-state index is 0.472. The average molecular weight is 245 g/mol. The summed E-state index contributed by atoms with van der Waals surface area (Å²) in [6.45, 7) is 8.84. The van der Waals surface area contributed by atoms with Crippen LogP contribution in [0.1, 0.15) is 40.5 Å². The van der Waals surface area contributed by atoms with Crippen molar-refractivity contribution in [2.45, 2.75) is 40.5 Å². The average Bonchev–Trinajstić information content (AvgIpc) is 2.14. The molecule has 1 N–H and O–H groups in total. The van der Waals surface area contributed by atoms with Crippen LogP contribution in [0, 0.1) is 0 Å². The Morgan fingerprint density at radius 3 is 2.25 bits per heavy atom. The first-order valence-corrected chi connectivity index (χ1v) is 7.43. The Morgan fingerprint density at radius 1 is 1.25 bits per heavy atom. The van der Waals surface area contributed by atoms with E-state index in [-0.39, 0.29) is 0 Å². The smallest absolute Gasteiger partial charge is 0.208 e. The lowest BCUT2D eigenvalue weighted by molar-refractivity contribution is 0.587. The Balaban J connectivity index is 4.27. The molecule has 0 heterocycles. The van der Waals surface area contributed by atoms with Gasteiger partial charge in [-0.05, 0) is 33.6 Å². The summed E-state index contributed by atoms with van der Waals surface area (Å²) in [5.74, 6) is 0. The third kappa shape index (κ3) is 7.65. The Kier molecular flexibility index (Phi) is 6.60. The van der Waals surface area contributed by atoms with Gasteiger partial charge in [-0.2, -0.15) is 0 Å². The third-order valence-electron chi connectivity index (χ3n) is 2.55. The van der Waals surface area contributed by atoms with Crippen molar-refractivity contribution < 1.29 is 8.42 Å². The largest absolute Gasteiger partial charge is 0.215 e. The minimum atomic E-state index is -3.06. The predicted molar refractivity (Wildman–Crippen MR) is 69.9 cm³/mol. The van der Waals surface area contributed by atoms with Crippen LogP contribution in [-0.4, -0.2) is 21.2 Å². The van der Waals surface area contributed by atoms with Gasteiger partial charge in [0, 0.05) is 6.54 Å². The second kappa shape index (κ2) is 6.86. The van der Waals surface area contributed by atoms with Gasteiger partial charge in [0.1, 0.15) is 0 Å². The monoisotopic (exact) mass is 245 g/mol. The second-order valence-electron chi connectivity index (χ2n) is 4.22. The van der Waals surface area contributed by atoms with Crippen LogP contribution in [0.4, 0.5) is 0 Å². The number of sulfonamides is 1. The highest BCUT2D eigenvalue weighted by atomic mass is 32.2. The van der Waals surface area contributed by atoms with Crippen molar-refractivity contribution in [2.75, 3.05) is 12.8 Å².